The topological polar surface area (TPSA) is 0 Å². The summed E-state index contributed by atoms with van der Waals surface area (Å²) in [5.74, 6) is 0. The Morgan fingerprint density at radius 2 is 0.935 bits per heavy atom. The first-order chi connectivity index (χ1) is 15.2. The van der Waals surface area contributed by atoms with E-state index in [0.29, 0.717) is 0 Å². The molecule has 0 fully saturated rings. The van der Waals surface area contributed by atoms with Gasteiger partial charge in [-0.3, -0.25) is 0 Å². The van der Waals surface area contributed by atoms with Crippen LogP contribution in [0.3, 0.4) is 0 Å². The van der Waals surface area contributed by atoms with E-state index in [1.54, 1.807) is 5.19 Å². The van der Waals surface area contributed by atoms with E-state index in [0.717, 1.165) is 18.3 Å². The van der Waals surface area contributed by atoms with E-state index < -0.39 is 8.80 Å². The maximum atomic E-state index is 6.43. The molecule has 0 aromatic heterocycles. The van der Waals surface area contributed by atoms with Crippen molar-refractivity contribution in [1.29, 1.82) is 0 Å². The molecule has 0 aliphatic rings. The summed E-state index contributed by atoms with van der Waals surface area (Å²) in [7, 11) is -0.983. The van der Waals surface area contributed by atoms with Crippen LogP contribution >= 0.6 is 11.6 Å². The smallest absolute Gasteiger partial charge is 0.0867 e. The van der Waals surface area contributed by atoms with Gasteiger partial charge in [0.05, 0.1) is 8.80 Å². The first-order valence-electron chi connectivity index (χ1n) is 13.9. The Labute approximate surface area is 202 Å². The quantitative estimate of drug-likeness (QED) is 0.0964. The first kappa shape index (κ1) is 28.8. The van der Waals surface area contributed by atoms with Gasteiger partial charge in [-0.2, -0.15) is 0 Å². The molecular weight excluding hydrogens is 412 g/mol. The summed E-state index contributed by atoms with van der Waals surface area (Å²) in [5, 5.41) is 1.62. The molecule has 1 aromatic rings. The Morgan fingerprint density at radius 1 is 0.548 bits per heavy atom. The Hall–Kier alpha value is -0.273. The summed E-state index contributed by atoms with van der Waals surface area (Å²) in [5.41, 5.74) is 3.91. The van der Waals surface area contributed by atoms with E-state index in [1.165, 1.54) is 120 Å². The lowest BCUT2D eigenvalue weighted by atomic mass is 10.0. The molecule has 0 saturated carbocycles. The SMILES string of the molecule is CCCCCCCCCCCCCCCCCC[SiH](CCl)c1cc(CC)cc(CC)c1. The Morgan fingerprint density at radius 3 is 1.29 bits per heavy atom. The minimum absolute atomic E-state index is 0.898. The van der Waals surface area contributed by atoms with Gasteiger partial charge in [0.25, 0.3) is 0 Å². The highest BCUT2D eigenvalue weighted by Gasteiger charge is 2.13. The molecule has 0 heterocycles. The van der Waals surface area contributed by atoms with E-state index >= 15 is 0 Å². The predicted molar refractivity (Wildman–Crippen MR) is 147 cm³/mol. The second-order valence-corrected chi connectivity index (χ2v) is 13.6. The van der Waals surface area contributed by atoms with Gasteiger partial charge in [0.1, 0.15) is 0 Å². The highest BCUT2D eigenvalue weighted by molar-refractivity contribution is 6.79. The number of hydrogen-bond donors (Lipinski definition) is 0. The standard InChI is InChI=1S/C29H53ClSi/c1-4-7-8-9-10-11-12-13-14-15-16-17-18-19-20-21-22-31(26-30)29-24-27(5-2)23-28(6-3)25-29/h23-25,31H,4-22,26H2,1-3H3. The van der Waals surface area contributed by atoms with E-state index in [2.05, 4.69) is 39.0 Å². The molecule has 1 rings (SSSR count). The highest BCUT2D eigenvalue weighted by Crippen LogP contribution is 2.15. The lowest BCUT2D eigenvalue weighted by Gasteiger charge is -2.15. The van der Waals surface area contributed by atoms with Gasteiger partial charge >= 0.3 is 0 Å². The monoisotopic (exact) mass is 464 g/mol. The molecule has 180 valence electrons. The molecule has 0 aliphatic heterocycles. The molecule has 1 atom stereocenters. The zero-order chi connectivity index (χ0) is 22.6. The molecule has 0 bridgehead atoms. The molecule has 2 heteroatoms. The Balaban J connectivity index is 2.01. The minimum Gasteiger partial charge on any atom is -0.130 e. The zero-order valence-electron chi connectivity index (χ0n) is 21.3. The molecular formula is C29H53ClSi. The van der Waals surface area contributed by atoms with Crippen LogP contribution in [0.2, 0.25) is 6.04 Å². The summed E-state index contributed by atoms with van der Waals surface area (Å²) in [6.07, 6.45) is 25.4. The van der Waals surface area contributed by atoms with Gasteiger partial charge in [-0.15, -0.1) is 11.6 Å². The van der Waals surface area contributed by atoms with Gasteiger partial charge in [0.2, 0.25) is 0 Å². The van der Waals surface area contributed by atoms with Crippen LogP contribution in [0.15, 0.2) is 18.2 Å². The van der Waals surface area contributed by atoms with E-state index in [4.69, 9.17) is 11.6 Å². The number of unbranched alkanes of at least 4 members (excludes halogenated alkanes) is 15. The minimum atomic E-state index is -0.983. The average molecular weight is 465 g/mol. The summed E-state index contributed by atoms with van der Waals surface area (Å²) >= 11 is 6.43. The van der Waals surface area contributed by atoms with Crippen molar-refractivity contribution in [3.63, 3.8) is 0 Å². The maximum Gasteiger partial charge on any atom is 0.0867 e. The molecule has 0 spiro atoms. The summed E-state index contributed by atoms with van der Waals surface area (Å²) in [6.45, 7) is 6.84. The number of alkyl halides is 1. The highest BCUT2D eigenvalue weighted by atomic mass is 35.5. The molecule has 31 heavy (non-hydrogen) atoms. The Kier molecular flexibility index (Phi) is 18.9. The van der Waals surface area contributed by atoms with Crippen molar-refractivity contribution in [2.45, 2.75) is 142 Å². The van der Waals surface area contributed by atoms with Crippen LogP contribution in [-0.2, 0) is 12.8 Å². The molecule has 0 radical (unpaired) electrons. The van der Waals surface area contributed by atoms with Crippen molar-refractivity contribution in [2.24, 2.45) is 0 Å². The zero-order valence-corrected chi connectivity index (χ0v) is 23.2. The lowest BCUT2D eigenvalue weighted by Crippen LogP contribution is -2.33. The van der Waals surface area contributed by atoms with Gasteiger partial charge in [-0.05, 0) is 24.0 Å². The van der Waals surface area contributed by atoms with Crippen molar-refractivity contribution in [3.05, 3.63) is 29.3 Å². The number of benzene rings is 1. The van der Waals surface area contributed by atoms with Crippen LogP contribution in [-0.4, -0.2) is 14.3 Å². The van der Waals surface area contributed by atoms with Crippen LogP contribution in [0.1, 0.15) is 135 Å². The van der Waals surface area contributed by atoms with Gasteiger partial charge in [0.15, 0.2) is 0 Å². The lowest BCUT2D eigenvalue weighted by molar-refractivity contribution is 0.531. The van der Waals surface area contributed by atoms with Crippen molar-refractivity contribution in [3.8, 4) is 0 Å². The fraction of sp³-hybridized carbons (Fsp3) is 0.793. The van der Waals surface area contributed by atoms with Crippen LogP contribution < -0.4 is 5.19 Å². The average Bonchev–Trinajstić information content (AvgIpc) is 2.80. The molecule has 0 N–H and O–H groups in total. The maximum absolute atomic E-state index is 6.43. The number of rotatable bonds is 21. The molecule has 0 saturated heterocycles. The van der Waals surface area contributed by atoms with Gasteiger partial charge in [0, 0.05) is 5.50 Å². The number of halogens is 1. The third-order valence-corrected chi connectivity index (χ3v) is 10.8. The summed E-state index contributed by atoms with van der Waals surface area (Å²) in [4.78, 5) is 0. The molecule has 0 nitrogen and oxygen atoms in total. The van der Waals surface area contributed by atoms with Gasteiger partial charge in [-0.1, -0.05) is 153 Å². The van der Waals surface area contributed by atoms with Crippen molar-refractivity contribution < 1.29 is 0 Å². The molecule has 0 amide bonds. The van der Waals surface area contributed by atoms with Crippen LogP contribution in [0, 0.1) is 0 Å². The van der Waals surface area contributed by atoms with E-state index in [-0.39, 0.29) is 0 Å². The van der Waals surface area contributed by atoms with E-state index in [9.17, 15) is 0 Å². The fourth-order valence-electron chi connectivity index (χ4n) is 4.71. The molecule has 0 aliphatic carbocycles. The normalized spacial score (nSPS) is 12.4. The summed E-state index contributed by atoms with van der Waals surface area (Å²) in [6, 6.07) is 8.70. The van der Waals surface area contributed by atoms with Crippen LogP contribution in [0.4, 0.5) is 0 Å². The Bertz CT molecular complexity index is 505. The van der Waals surface area contributed by atoms with Crippen LogP contribution in [0.5, 0.6) is 0 Å². The van der Waals surface area contributed by atoms with Gasteiger partial charge < -0.3 is 0 Å². The van der Waals surface area contributed by atoms with E-state index in [1.807, 2.05) is 0 Å². The third-order valence-electron chi connectivity index (χ3n) is 6.96. The van der Waals surface area contributed by atoms with Crippen molar-refractivity contribution >= 4 is 25.6 Å². The number of aryl methyl sites for hydroxylation is 2. The largest absolute Gasteiger partial charge is 0.130 e. The third kappa shape index (κ3) is 14.5. The summed E-state index contributed by atoms with van der Waals surface area (Å²) < 4.78 is 0. The second kappa shape index (κ2) is 20.3. The van der Waals surface area contributed by atoms with Crippen molar-refractivity contribution in [1.82, 2.24) is 0 Å². The van der Waals surface area contributed by atoms with Crippen molar-refractivity contribution in [2.75, 3.05) is 5.50 Å². The molecule has 1 aromatic carbocycles. The fourth-order valence-corrected chi connectivity index (χ4v) is 8.05. The first-order valence-corrected chi connectivity index (χ1v) is 16.7. The van der Waals surface area contributed by atoms with Crippen LogP contribution in [0.25, 0.3) is 0 Å². The number of hydrogen-bond acceptors (Lipinski definition) is 0. The molecule has 1 unspecified atom stereocenters. The second-order valence-electron chi connectivity index (χ2n) is 9.73. The predicted octanol–water partition coefficient (Wildman–Crippen LogP) is 9.29. The van der Waals surface area contributed by atoms with Gasteiger partial charge in [-0.25, -0.2) is 0 Å².